The summed E-state index contributed by atoms with van der Waals surface area (Å²) in [5, 5.41) is 3.08. The molecule has 0 bridgehead atoms. The van der Waals surface area contributed by atoms with Gasteiger partial charge < -0.3 is 9.15 Å². The lowest BCUT2D eigenvalue weighted by molar-refractivity contribution is -0.147. The van der Waals surface area contributed by atoms with Gasteiger partial charge in [0.15, 0.2) is 6.61 Å². The summed E-state index contributed by atoms with van der Waals surface area (Å²) in [5.41, 5.74) is 5.01. The Morgan fingerprint density at radius 2 is 1.65 bits per heavy atom. The topological polar surface area (TPSA) is 85.6 Å². The third-order valence-electron chi connectivity index (χ3n) is 5.24. The SMILES string of the molecule is Cc1cc2occ(CC(=O)OCC(=O)NC(=O)c3ccc(C(C)(C)C)cc3)c2cc1C. The second-order valence-electron chi connectivity index (χ2n) is 8.74. The Kier molecular flexibility index (Phi) is 6.29. The summed E-state index contributed by atoms with van der Waals surface area (Å²) in [6.07, 6.45) is 1.50. The molecule has 6 nitrogen and oxygen atoms in total. The number of benzene rings is 2. The second kappa shape index (κ2) is 8.76. The fourth-order valence-electron chi connectivity index (χ4n) is 3.18. The van der Waals surface area contributed by atoms with E-state index in [0.29, 0.717) is 16.7 Å². The minimum Gasteiger partial charge on any atom is -0.464 e. The molecule has 2 amide bonds. The lowest BCUT2D eigenvalue weighted by Crippen LogP contribution is -2.34. The van der Waals surface area contributed by atoms with Gasteiger partial charge in [-0.2, -0.15) is 0 Å². The molecule has 0 spiro atoms. The van der Waals surface area contributed by atoms with E-state index in [0.717, 1.165) is 22.1 Å². The summed E-state index contributed by atoms with van der Waals surface area (Å²) >= 11 is 0. The van der Waals surface area contributed by atoms with Crippen LogP contribution in [-0.4, -0.2) is 24.4 Å². The van der Waals surface area contributed by atoms with E-state index in [1.165, 1.54) is 6.26 Å². The first kappa shape index (κ1) is 22.3. The lowest BCUT2D eigenvalue weighted by Gasteiger charge is -2.18. The summed E-state index contributed by atoms with van der Waals surface area (Å²) in [6.45, 7) is 9.68. The van der Waals surface area contributed by atoms with Crippen LogP contribution < -0.4 is 5.32 Å². The molecule has 0 unspecified atom stereocenters. The smallest absolute Gasteiger partial charge is 0.310 e. The van der Waals surface area contributed by atoms with E-state index in [9.17, 15) is 14.4 Å². The van der Waals surface area contributed by atoms with E-state index < -0.39 is 24.4 Å². The molecule has 0 saturated carbocycles. The molecule has 1 N–H and O–H groups in total. The zero-order chi connectivity index (χ0) is 22.8. The van der Waals surface area contributed by atoms with Crippen molar-refractivity contribution < 1.29 is 23.5 Å². The maximum atomic E-state index is 12.2. The van der Waals surface area contributed by atoms with Gasteiger partial charge in [0, 0.05) is 16.5 Å². The molecule has 162 valence electrons. The number of furan rings is 1. The number of hydrogen-bond donors (Lipinski definition) is 1. The molecule has 3 aromatic rings. The monoisotopic (exact) mass is 421 g/mol. The van der Waals surface area contributed by atoms with Crippen molar-refractivity contribution >= 4 is 28.8 Å². The number of carbonyl (C=O) groups is 3. The van der Waals surface area contributed by atoms with Crippen LogP contribution in [0.15, 0.2) is 47.1 Å². The van der Waals surface area contributed by atoms with Crippen molar-refractivity contribution in [1.29, 1.82) is 0 Å². The third-order valence-corrected chi connectivity index (χ3v) is 5.24. The van der Waals surface area contributed by atoms with Crippen LogP contribution in [0.2, 0.25) is 0 Å². The van der Waals surface area contributed by atoms with E-state index >= 15 is 0 Å². The first-order valence-electron chi connectivity index (χ1n) is 10.1. The summed E-state index contributed by atoms with van der Waals surface area (Å²) in [4.78, 5) is 36.4. The van der Waals surface area contributed by atoms with E-state index in [2.05, 4.69) is 26.1 Å². The maximum Gasteiger partial charge on any atom is 0.310 e. The van der Waals surface area contributed by atoms with E-state index in [1.54, 1.807) is 12.1 Å². The molecule has 0 saturated heterocycles. The van der Waals surface area contributed by atoms with Crippen LogP contribution in [0.5, 0.6) is 0 Å². The maximum absolute atomic E-state index is 12.2. The van der Waals surface area contributed by atoms with Crippen molar-refractivity contribution in [3.8, 4) is 0 Å². The van der Waals surface area contributed by atoms with Crippen molar-refractivity contribution in [2.24, 2.45) is 0 Å². The molecule has 0 radical (unpaired) electrons. The lowest BCUT2D eigenvalue weighted by atomic mass is 9.87. The third kappa shape index (κ3) is 5.40. The van der Waals surface area contributed by atoms with Gasteiger partial charge in [-0.3, -0.25) is 19.7 Å². The first-order valence-corrected chi connectivity index (χ1v) is 10.1. The zero-order valence-electron chi connectivity index (χ0n) is 18.5. The number of hydrogen-bond acceptors (Lipinski definition) is 5. The summed E-state index contributed by atoms with van der Waals surface area (Å²) in [6, 6.07) is 10.9. The highest BCUT2D eigenvalue weighted by atomic mass is 16.5. The van der Waals surface area contributed by atoms with Crippen LogP contribution in [-0.2, 0) is 26.2 Å². The van der Waals surface area contributed by atoms with Crippen LogP contribution in [0.25, 0.3) is 11.0 Å². The molecule has 0 atom stereocenters. The molecular weight excluding hydrogens is 394 g/mol. The normalized spacial score (nSPS) is 11.4. The van der Waals surface area contributed by atoms with Crippen LogP contribution in [0.4, 0.5) is 0 Å². The van der Waals surface area contributed by atoms with Gasteiger partial charge >= 0.3 is 5.97 Å². The van der Waals surface area contributed by atoms with Gasteiger partial charge in [0.2, 0.25) is 0 Å². The number of nitrogens with one attached hydrogen (secondary N) is 1. The Hall–Kier alpha value is -3.41. The van der Waals surface area contributed by atoms with Gasteiger partial charge in [0.05, 0.1) is 12.7 Å². The number of ether oxygens (including phenoxy) is 1. The van der Waals surface area contributed by atoms with Crippen molar-refractivity contribution in [1.82, 2.24) is 5.32 Å². The highest BCUT2D eigenvalue weighted by Crippen LogP contribution is 2.25. The second-order valence-corrected chi connectivity index (χ2v) is 8.74. The summed E-state index contributed by atoms with van der Waals surface area (Å²) in [7, 11) is 0. The van der Waals surface area contributed by atoms with Crippen LogP contribution in [0, 0.1) is 13.8 Å². The number of aryl methyl sites for hydroxylation is 2. The highest BCUT2D eigenvalue weighted by Gasteiger charge is 2.17. The molecule has 6 heteroatoms. The minimum atomic E-state index is -0.679. The van der Waals surface area contributed by atoms with Crippen molar-refractivity contribution in [2.75, 3.05) is 6.61 Å². The Bertz CT molecular complexity index is 1130. The number of amides is 2. The average molecular weight is 421 g/mol. The summed E-state index contributed by atoms with van der Waals surface area (Å²) in [5.74, 6) is -1.78. The predicted octanol–water partition coefficient (Wildman–Crippen LogP) is 4.39. The van der Waals surface area contributed by atoms with Crippen molar-refractivity contribution in [3.05, 3.63) is 70.5 Å². The van der Waals surface area contributed by atoms with Crippen LogP contribution in [0.1, 0.15) is 53.4 Å². The van der Waals surface area contributed by atoms with Gasteiger partial charge in [-0.05, 0) is 60.2 Å². The molecule has 2 aromatic carbocycles. The van der Waals surface area contributed by atoms with Crippen molar-refractivity contribution in [3.63, 3.8) is 0 Å². The van der Waals surface area contributed by atoms with Gasteiger partial charge in [0.1, 0.15) is 5.58 Å². The van der Waals surface area contributed by atoms with Gasteiger partial charge in [-0.25, -0.2) is 0 Å². The Morgan fingerprint density at radius 1 is 1.00 bits per heavy atom. The van der Waals surface area contributed by atoms with Gasteiger partial charge in [-0.1, -0.05) is 32.9 Å². The number of imide groups is 1. The van der Waals surface area contributed by atoms with E-state index in [1.807, 2.05) is 38.1 Å². The fourth-order valence-corrected chi connectivity index (χ4v) is 3.18. The summed E-state index contributed by atoms with van der Waals surface area (Å²) < 4.78 is 10.5. The minimum absolute atomic E-state index is 0.0228. The Balaban J connectivity index is 1.53. The average Bonchev–Trinajstić information content (AvgIpc) is 3.07. The van der Waals surface area contributed by atoms with E-state index in [4.69, 9.17) is 9.15 Å². The largest absolute Gasteiger partial charge is 0.464 e. The predicted molar refractivity (Wildman–Crippen MR) is 118 cm³/mol. The molecule has 0 fully saturated rings. The number of fused-ring (bicyclic) bond motifs is 1. The van der Waals surface area contributed by atoms with Gasteiger partial charge in [0.25, 0.3) is 11.8 Å². The van der Waals surface area contributed by atoms with Crippen LogP contribution >= 0.6 is 0 Å². The van der Waals surface area contributed by atoms with Crippen LogP contribution in [0.3, 0.4) is 0 Å². The molecule has 1 heterocycles. The van der Waals surface area contributed by atoms with Gasteiger partial charge in [-0.15, -0.1) is 0 Å². The molecule has 31 heavy (non-hydrogen) atoms. The quantitative estimate of drug-likeness (QED) is 0.618. The molecule has 3 rings (SSSR count). The zero-order valence-corrected chi connectivity index (χ0v) is 18.5. The molecule has 1 aromatic heterocycles. The highest BCUT2D eigenvalue weighted by molar-refractivity contribution is 6.05. The fraction of sp³-hybridized carbons (Fsp3) is 0.320. The van der Waals surface area contributed by atoms with Crippen molar-refractivity contribution in [2.45, 2.75) is 46.5 Å². The number of rotatable bonds is 5. The number of carbonyl (C=O) groups excluding carboxylic acids is 3. The Labute approximate surface area is 181 Å². The standard InChI is InChI=1S/C25H27NO5/c1-15-10-20-18(13-30-21(20)11-16(15)2)12-23(28)31-14-22(27)26-24(29)17-6-8-19(9-7-17)25(3,4)5/h6-11,13H,12,14H2,1-5H3,(H,26,27,29). The molecular formula is C25H27NO5. The first-order chi connectivity index (χ1) is 14.5. The Morgan fingerprint density at radius 3 is 2.29 bits per heavy atom. The molecule has 0 aliphatic carbocycles. The number of esters is 1. The molecule has 0 aliphatic heterocycles. The molecule has 0 aliphatic rings. The van der Waals surface area contributed by atoms with E-state index in [-0.39, 0.29) is 11.8 Å².